The van der Waals surface area contributed by atoms with Crippen LogP contribution in [0.3, 0.4) is 0 Å². The zero-order valence-electron chi connectivity index (χ0n) is 15.9. The number of hydrogen-bond donors (Lipinski definition) is 1. The van der Waals surface area contributed by atoms with Crippen molar-refractivity contribution >= 4 is 24.3 Å². The van der Waals surface area contributed by atoms with Crippen LogP contribution >= 0.6 is 12.4 Å². The molecule has 1 N–H and O–H groups in total. The van der Waals surface area contributed by atoms with Crippen molar-refractivity contribution in [2.45, 2.75) is 89.1 Å². The van der Waals surface area contributed by atoms with Gasteiger partial charge in [0, 0.05) is 12.1 Å². The van der Waals surface area contributed by atoms with Crippen LogP contribution in [0.1, 0.15) is 77.0 Å². The Balaban J connectivity index is 0.00000243. The van der Waals surface area contributed by atoms with Gasteiger partial charge in [-0.25, -0.2) is 0 Å². The van der Waals surface area contributed by atoms with Crippen molar-refractivity contribution in [2.24, 2.45) is 5.92 Å². The molecule has 0 atom stereocenters. The maximum atomic E-state index is 13.2. The summed E-state index contributed by atoms with van der Waals surface area (Å²) in [5, 5.41) is 9.14. The lowest BCUT2D eigenvalue weighted by Gasteiger charge is -2.43. The molecule has 150 valence electrons. The Hall–Kier alpha value is -0.810. The highest BCUT2D eigenvalue weighted by atomic mass is 35.5. The number of carboxylic acid groups (broad SMARTS) is 1. The molecule has 6 heteroatoms. The van der Waals surface area contributed by atoms with Crippen molar-refractivity contribution in [3.05, 3.63) is 0 Å². The minimum absolute atomic E-state index is 0. The summed E-state index contributed by atoms with van der Waals surface area (Å²) in [6.07, 6.45) is 13.7. The lowest BCUT2D eigenvalue weighted by molar-refractivity contribution is -0.143. The lowest BCUT2D eigenvalue weighted by atomic mass is 9.88. The third-order valence-electron chi connectivity index (χ3n) is 6.52. The van der Waals surface area contributed by atoms with Crippen molar-refractivity contribution in [1.82, 2.24) is 9.80 Å². The van der Waals surface area contributed by atoms with Crippen molar-refractivity contribution in [3.8, 4) is 0 Å². The highest BCUT2D eigenvalue weighted by Gasteiger charge is 2.34. The quantitative estimate of drug-likeness (QED) is 0.782. The number of carbonyl (C=O) groups is 2. The highest BCUT2D eigenvalue weighted by molar-refractivity contribution is 5.85. The van der Waals surface area contributed by atoms with Gasteiger partial charge in [-0.05, 0) is 51.6 Å². The van der Waals surface area contributed by atoms with Gasteiger partial charge in [-0.2, -0.15) is 0 Å². The monoisotopic (exact) mass is 386 g/mol. The molecule has 3 fully saturated rings. The number of halogens is 1. The second-order valence-corrected chi connectivity index (χ2v) is 8.27. The minimum Gasteiger partial charge on any atom is -0.481 e. The average Bonchev–Trinajstić information content (AvgIpc) is 2.64. The lowest BCUT2D eigenvalue weighted by Crippen LogP contribution is -2.52. The van der Waals surface area contributed by atoms with Gasteiger partial charge in [0.05, 0.1) is 12.5 Å². The molecule has 0 spiro atoms. The van der Waals surface area contributed by atoms with Gasteiger partial charge in [0.1, 0.15) is 0 Å². The van der Waals surface area contributed by atoms with E-state index < -0.39 is 5.97 Å². The van der Waals surface area contributed by atoms with Crippen molar-refractivity contribution < 1.29 is 14.7 Å². The first-order valence-corrected chi connectivity index (χ1v) is 10.4. The molecule has 1 amide bonds. The molecule has 1 saturated heterocycles. The Bertz CT molecular complexity index is 436. The van der Waals surface area contributed by atoms with Gasteiger partial charge < -0.3 is 10.0 Å². The number of piperidine rings is 1. The van der Waals surface area contributed by atoms with E-state index in [1.807, 2.05) is 0 Å². The summed E-state index contributed by atoms with van der Waals surface area (Å²) < 4.78 is 0. The van der Waals surface area contributed by atoms with Crippen molar-refractivity contribution in [2.75, 3.05) is 19.6 Å². The molecule has 0 unspecified atom stereocenters. The van der Waals surface area contributed by atoms with E-state index in [4.69, 9.17) is 5.11 Å². The minimum atomic E-state index is -0.683. The summed E-state index contributed by atoms with van der Waals surface area (Å²) >= 11 is 0. The van der Waals surface area contributed by atoms with Gasteiger partial charge in [-0.3, -0.25) is 14.5 Å². The van der Waals surface area contributed by atoms with E-state index in [9.17, 15) is 9.59 Å². The van der Waals surface area contributed by atoms with Gasteiger partial charge in [-0.15, -0.1) is 12.4 Å². The molecule has 0 radical (unpaired) electrons. The number of amides is 1. The second kappa shape index (κ2) is 10.5. The third kappa shape index (κ3) is 5.59. The van der Waals surface area contributed by atoms with Gasteiger partial charge in [0.15, 0.2) is 0 Å². The number of nitrogens with zero attached hydrogens (tertiary/aromatic N) is 2. The Labute approximate surface area is 163 Å². The van der Waals surface area contributed by atoms with Crippen LogP contribution < -0.4 is 0 Å². The Morgan fingerprint density at radius 3 is 1.69 bits per heavy atom. The summed E-state index contributed by atoms with van der Waals surface area (Å²) in [4.78, 5) is 28.8. The zero-order valence-corrected chi connectivity index (χ0v) is 16.7. The molecular formula is C20H35ClN2O3. The molecule has 3 rings (SSSR count). The molecule has 5 nitrogen and oxygen atoms in total. The number of carbonyl (C=O) groups excluding carboxylic acids is 1. The van der Waals surface area contributed by atoms with Crippen molar-refractivity contribution in [1.29, 1.82) is 0 Å². The van der Waals surface area contributed by atoms with Crippen LogP contribution in [0.4, 0.5) is 0 Å². The first-order chi connectivity index (χ1) is 12.1. The zero-order chi connectivity index (χ0) is 17.6. The molecule has 1 heterocycles. The normalized spacial score (nSPS) is 24.0. The predicted molar refractivity (Wildman–Crippen MR) is 105 cm³/mol. The van der Waals surface area contributed by atoms with Crippen LogP contribution in [0.2, 0.25) is 0 Å². The average molecular weight is 387 g/mol. The third-order valence-corrected chi connectivity index (χ3v) is 6.52. The van der Waals surface area contributed by atoms with E-state index in [2.05, 4.69) is 9.80 Å². The molecule has 0 aromatic carbocycles. The Morgan fingerprint density at radius 1 is 0.808 bits per heavy atom. The van der Waals surface area contributed by atoms with E-state index in [0.29, 0.717) is 37.4 Å². The number of carboxylic acids is 1. The van der Waals surface area contributed by atoms with E-state index in [1.54, 1.807) is 0 Å². The molecule has 26 heavy (non-hydrogen) atoms. The fourth-order valence-corrected chi connectivity index (χ4v) is 5.03. The van der Waals surface area contributed by atoms with Gasteiger partial charge in [-0.1, -0.05) is 38.5 Å². The second-order valence-electron chi connectivity index (χ2n) is 8.27. The van der Waals surface area contributed by atoms with Crippen LogP contribution in [0.25, 0.3) is 0 Å². The molecule has 0 bridgehead atoms. The van der Waals surface area contributed by atoms with Crippen molar-refractivity contribution in [3.63, 3.8) is 0 Å². The predicted octanol–water partition coefficient (Wildman–Crippen LogP) is 3.70. The van der Waals surface area contributed by atoms with Crippen LogP contribution in [-0.4, -0.2) is 58.5 Å². The van der Waals surface area contributed by atoms with Crippen LogP contribution in [-0.2, 0) is 9.59 Å². The van der Waals surface area contributed by atoms with Gasteiger partial charge >= 0.3 is 5.97 Å². The largest absolute Gasteiger partial charge is 0.481 e. The maximum absolute atomic E-state index is 13.2. The molecule has 0 aromatic heterocycles. The first kappa shape index (κ1) is 21.5. The fraction of sp³-hybridized carbons (Fsp3) is 0.900. The molecule has 1 aliphatic heterocycles. The summed E-state index contributed by atoms with van der Waals surface area (Å²) in [6, 6.07) is 0.891. The first-order valence-electron chi connectivity index (χ1n) is 10.4. The summed E-state index contributed by atoms with van der Waals surface area (Å²) in [7, 11) is 0. The SMILES string of the molecule is Cl.O=C(O)C1CCN(CC(=O)N(C2CCCCC2)C2CCCCC2)CC1. The topological polar surface area (TPSA) is 60.9 Å². The molecule has 0 aromatic rings. The van der Waals surface area contributed by atoms with Gasteiger partial charge in [0.2, 0.25) is 5.91 Å². The van der Waals surface area contributed by atoms with E-state index in [0.717, 1.165) is 13.1 Å². The Kier molecular flexibility index (Phi) is 8.68. The van der Waals surface area contributed by atoms with E-state index in [1.165, 1.54) is 64.2 Å². The molecular weight excluding hydrogens is 352 g/mol. The van der Waals surface area contributed by atoms with E-state index in [-0.39, 0.29) is 18.3 Å². The Morgan fingerprint density at radius 2 is 1.27 bits per heavy atom. The fourth-order valence-electron chi connectivity index (χ4n) is 5.03. The molecule has 3 aliphatic rings. The number of likely N-dealkylation sites (tertiary alicyclic amines) is 1. The maximum Gasteiger partial charge on any atom is 0.306 e. The number of rotatable bonds is 5. The summed E-state index contributed by atoms with van der Waals surface area (Å²) in [6.45, 7) is 1.97. The van der Waals surface area contributed by atoms with Crippen LogP contribution in [0.5, 0.6) is 0 Å². The number of hydrogen-bond acceptors (Lipinski definition) is 3. The van der Waals surface area contributed by atoms with Crippen LogP contribution in [0, 0.1) is 5.92 Å². The molecule has 2 saturated carbocycles. The molecule has 2 aliphatic carbocycles. The summed E-state index contributed by atoms with van der Waals surface area (Å²) in [5.74, 6) is -0.608. The smallest absolute Gasteiger partial charge is 0.306 e. The van der Waals surface area contributed by atoms with Gasteiger partial charge in [0.25, 0.3) is 0 Å². The highest BCUT2D eigenvalue weighted by Crippen LogP contribution is 2.30. The number of aliphatic carboxylic acids is 1. The van der Waals surface area contributed by atoms with E-state index >= 15 is 0 Å². The van der Waals surface area contributed by atoms with Crippen LogP contribution in [0.15, 0.2) is 0 Å². The summed E-state index contributed by atoms with van der Waals surface area (Å²) in [5.41, 5.74) is 0. The standard InChI is InChI=1S/C20H34N2O3.ClH/c23-19(15-21-13-11-16(12-14-21)20(24)25)22(17-7-3-1-4-8-17)18-9-5-2-6-10-18;/h16-18H,1-15H2,(H,24,25);1H.